The van der Waals surface area contributed by atoms with E-state index in [4.69, 9.17) is 0 Å². The number of nitrogens with zero attached hydrogens (tertiary/aromatic N) is 3. The molecule has 0 N–H and O–H groups in total. The highest BCUT2D eigenvalue weighted by Gasteiger charge is 2.30. The Labute approximate surface area is 121 Å². The second kappa shape index (κ2) is 5.47. The molecular formula is C15H15N3O3. The zero-order chi connectivity index (χ0) is 14.8. The van der Waals surface area contributed by atoms with Gasteiger partial charge >= 0.3 is 0 Å². The first kappa shape index (κ1) is 13.5. The predicted octanol–water partition coefficient (Wildman–Crippen LogP) is 2.75. The van der Waals surface area contributed by atoms with Crippen molar-refractivity contribution in [3.8, 4) is 0 Å². The molecule has 6 heteroatoms. The van der Waals surface area contributed by atoms with Crippen molar-refractivity contribution in [2.24, 2.45) is 4.99 Å². The molecule has 2 heterocycles. The number of rotatable bonds is 2. The monoisotopic (exact) mass is 285 g/mol. The van der Waals surface area contributed by atoms with Gasteiger partial charge in [-0.15, -0.1) is 0 Å². The van der Waals surface area contributed by atoms with E-state index >= 15 is 0 Å². The van der Waals surface area contributed by atoms with Crippen molar-refractivity contribution in [1.29, 1.82) is 0 Å². The normalized spacial score (nSPS) is 20.2. The number of benzene rings is 1. The summed E-state index contributed by atoms with van der Waals surface area (Å²) in [4.78, 5) is 28.8. The van der Waals surface area contributed by atoms with Crippen LogP contribution < -0.4 is 0 Å². The summed E-state index contributed by atoms with van der Waals surface area (Å²) >= 11 is 0. The van der Waals surface area contributed by atoms with Crippen LogP contribution in [0.25, 0.3) is 6.08 Å². The number of non-ortho nitro benzene ring substituents is 1. The van der Waals surface area contributed by atoms with E-state index in [-0.39, 0.29) is 11.6 Å². The van der Waals surface area contributed by atoms with Crippen LogP contribution in [-0.2, 0) is 4.79 Å². The van der Waals surface area contributed by atoms with Crippen LogP contribution in [0.5, 0.6) is 0 Å². The SMILES string of the molecule is O=C1/C(=C/c2cccc([N+](=O)[O-])c2)N=C2CCCCCN12. The fraction of sp³-hybridized carbons (Fsp3) is 0.333. The molecule has 0 unspecified atom stereocenters. The first-order valence-corrected chi connectivity index (χ1v) is 7.01. The van der Waals surface area contributed by atoms with E-state index in [0.29, 0.717) is 17.8 Å². The largest absolute Gasteiger partial charge is 0.295 e. The highest BCUT2D eigenvalue weighted by atomic mass is 16.6. The van der Waals surface area contributed by atoms with E-state index in [1.807, 2.05) is 0 Å². The van der Waals surface area contributed by atoms with Gasteiger partial charge in [0.25, 0.3) is 11.6 Å². The van der Waals surface area contributed by atoms with E-state index in [1.165, 1.54) is 12.1 Å². The van der Waals surface area contributed by atoms with E-state index in [0.717, 1.165) is 31.5 Å². The Balaban J connectivity index is 1.91. The van der Waals surface area contributed by atoms with Crippen molar-refractivity contribution in [1.82, 2.24) is 4.90 Å². The van der Waals surface area contributed by atoms with E-state index in [1.54, 1.807) is 23.1 Å². The Kier molecular flexibility index (Phi) is 3.51. The maximum Gasteiger partial charge on any atom is 0.277 e. The van der Waals surface area contributed by atoms with Gasteiger partial charge in [0.2, 0.25) is 0 Å². The number of nitro benzene ring substituents is 1. The molecule has 1 amide bonds. The number of nitro groups is 1. The number of aliphatic imine (C=N–C) groups is 1. The topological polar surface area (TPSA) is 75.8 Å². The molecule has 2 aliphatic rings. The summed E-state index contributed by atoms with van der Waals surface area (Å²) < 4.78 is 0. The van der Waals surface area contributed by atoms with Gasteiger partial charge in [-0.1, -0.05) is 18.6 Å². The van der Waals surface area contributed by atoms with Crippen molar-refractivity contribution >= 4 is 23.5 Å². The second-order valence-corrected chi connectivity index (χ2v) is 5.18. The van der Waals surface area contributed by atoms with Crippen LogP contribution in [0, 0.1) is 10.1 Å². The molecule has 0 aromatic heterocycles. The van der Waals surface area contributed by atoms with Crippen LogP contribution in [0.15, 0.2) is 35.0 Å². The van der Waals surface area contributed by atoms with Gasteiger partial charge in [0, 0.05) is 25.1 Å². The number of hydrogen-bond acceptors (Lipinski definition) is 4. The van der Waals surface area contributed by atoms with Crippen LogP contribution in [-0.4, -0.2) is 28.1 Å². The van der Waals surface area contributed by atoms with Gasteiger partial charge in [-0.25, -0.2) is 4.99 Å². The maximum absolute atomic E-state index is 12.3. The smallest absolute Gasteiger partial charge is 0.277 e. The maximum atomic E-state index is 12.3. The molecule has 0 saturated carbocycles. The Bertz CT molecular complexity index is 664. The van der Waals surface area contributed by atoms with Crippen molar-refractivity contribution in [3.63, 3.8) is 0 Å². The first-order valence-electron chi connectivity index (χ1n) is 7.01. The molecule has 0 aliphatic carbocycles. The van der Waals surface area contributed by atoms with Crippen LogP contribution in [0.3, 0.4) is 0 Å². The lowest BCUT2D eigenvalue weighted by Crippen LogP contribution is -2.31. The number of amides is 1. The standard InChI is InChI=1S/C15H15N3O3/c19-15-13(16-14-7-2-1-3-8-17(14)15)10-11-5-4-6-12(9-11)18(20)21/h4-6,9-10H,1-3,7-8H2/b13-10-. The molecule has 1 saturated heterocycles. The highest BCUT2D eigenvalue weighted by molar-refractivity contribution is 6.14. The molecule has 0 radical (unpaired) electrons. The zero-order valence-electron chi connectivity index (χ0n) is 11.5. The molecule has 6 nitrogen and oxygen atoms in total. The van der Waals surface area contributed by atoms with Crippen molar-refractivity contribution in [3.05, 3.63) is 45.6 Å². The molecule has 0 atom stereocenters. The Morgan fingerprint density at radius 1 is 1.29 bits per heavy atom. The third kappa shape index (κ3) is 2.69. The van der Waals surface area contributed by atoms with Gasteiger partial charge in [0.05, 0.1) is 4.92 Å². The van der Waals surface area contributed by atoms with Gasteiger partial charge in [-0.2, -0.15) is 0 Å². The third-order valence-corrected chi connectivity index (χ3v) is 3.69. The lowest BCUT2D eigenvalue weighted by atomic mass is 10.1. The van der Waals surface area contributed by atoms with Crippen LogP contribution in [0.2, 0.25) is 0 Å². The molecular weight excluding hydrogens is 270 g/mol. The summed E-state index contributed by atoms with van der Waals surface area (Å²) in [6.07, 6.45) is 5.60. The van der Waals surface area contributed by atoms with Crippen LogP contribution in [0.4, 0.5) is 5.69 Å². The molecule has 0 spiro atoms. The molecule has 1 aromatic rings. The summed E-state index contributed by atoms with van der Waals surface area (Å²) in [6.45, 7) is 0.712. The molecule has 1 aromatic carbocycles. The van der Waals surface area contributed by atoms with Crippen LogP contribution >= 0.6 is 0 Å². The number of amidine groups is 1. The van der Waals surface area contributed by atoms with Gasteiger partial charge in [-0.3, -0.25) is 19.8 Å². The van der Waals surface area contributed by atoms with Gasteiger partial charge in [-0.05, 0) is 24.5 Å². The van der Waals surface area contributed by atoms with Gasteiger partial charge in [0.15, 0.2) is 0 Å². The lowest BCUT2D eigenvalue weighted by molar-refractivity contribution is -0.384. The quantitative estimate of drug-likeness (QED) is 0.476. The molecule has 0 bridgehead atoms. The molecule has 2 aliphatic heterocycles. The summed E-state index contributed by atoms with van der Waals surface area (Å²) in [5, 5.41) is 10.8. The Morgan fingerprint density at radius 2 is 2.14 bits per heavy atom. The number of hydrogen-bond donors (Lipinski definition) is 0. The minimum atomic E-state index is -0.447. The molecule has 21 heavy (non-hydrogen) atoms. The fourth-order valence-corrected chi connectivity index (χ4v) is 2.63. The predicted molar refractivity (Wildman–Crippen MR) is 78.7 cm³/mol. The third-order valence-electron chi connectivity index (χ3n) is 3.69. The van der Waals surface area contributed by atoms with E-state index in [2.05, 4.69) is 4.99 Å². The molecule has 3 rings (SSSR count). The van der Waals surface area contributed by atoms with Gasteiger partial charge in [0.1, 0.15) is 11.5 Å². The zero-order valence-corrected chi connectivity index (χ0v) is 11.5. The number of carbonyl (C=O) groups excluding carboxylic acids is 1. The summed E-state index contributed by atoms with van der Waals surface area (Å²) in [5.74, 6) is 0.729. The molecule has 1 fully saturated rings. The first-order chi connectivity index (χ1) is 10.1. The summed E-state index contributed by atoms with van der Waals surface area (Å²) in [5.41, 5.74) is 0.999. The minimum Gasteiger partial charge on any atom is -0.295 e. The Hall–Kier alpha value is -2.50. The van der Waals surface area contributed by atoms with Crippen LogP contribution in [0.1, 0.15) is 31.2 Å². The second-order valence-electron chi connectivity index (χ2n) is 5.18. The average Bonchev–Trinajstić information content (AvgIpc) is 2.66. The minimum absolute atomic E-state index is 0.0111. The molecule has 108 valence electrons. The number of fused-ring (bicyclic) bond motifs is 1. The summed E-state index contributed by atoms with van der Waals surface area (Å²) in [6, 6.07) is 6.22. The highest BCUT2D eigenvalue weighted by Crippen LogP contribution is 2.24. The lowest BCUT2D eigenvalue weighted by Gasteiger charge is -2.13. The average molecular weight is 285 g/mol. The van der Waals surface area contributed by atoms with E-state index in [9.17, 15) is 14.9 Å². The van der Waals surface area contributed by atoms with Crippen molar-refractivity contribution in [2.45, 2.75) is 25.7 Å². The summed E-state index contributed by atoms with van der Waals surface area (Å²) in [7, 11) is 0. The van der Waals surface area contributed by atoms with Crippen molar-refractivity contribution < 1.29 is 9.72 Å². The fourth-order valence-electron chi connectivity index (χ4n) is 2.63. The van der Waals surface area contributed by atoms with Crippen molar-refractivity contribution in [2.75, 3.05) is 6.54 Å². The Morgan fingerprint density at radius 3 is 2.95 bits per heavy atom. The van der Waals surface area contributed by atoms with E-state index < -0.39 is 4.92 Å². The van der Waals surface area contributed by atoms with Gasteiger partial charge < -0.3 is 0 Å². The number of carbonyl (C=O) groups is 1.